The quantitative estimate of drug-likeness (QED) is 0.329. The molecule has 10 unspecified atom stereocenters. The number of rotatable bonds is 2. The van der Waals surface area contributed by atoms with Crippen molar-refractivity contribution in [1.82, 2.24) is 0 Å². The molecular formula is C18H28IN2-. The van der Waals surface area contributed by atoms with Crippen LogP contribution in [0.3, 0.4) is 0 Å². The standard InChI is InChI=1S/C18H28IN2/c20-5-13-9-2-10(14(13)6-21)18-16-8-1-7(15(16)17(9)18)11-3-19-4-12(8)11/h7-18H,1-6,20-21H2/q-1/t7?,8?,9?,10?,11?,12?,13-,14-,15?,16?,17?,18?/m1/s1. The van der Waals surface area contributed by atoms with Crippen molar-refractivity contribution in [3.05, 3.63) is 0 Å². The molecule has 0 radical (unpaired) electrons. The summed E-state index contributed by atoms with van der Waals surface area (Å²) in [5.74, 6) is 12.8. The third-order valence-corrected chi connectivity index (χ3v) is 12.5. The van der Waals surface area contributed by atoms with E-state index in [4.69, 9.17) is 11.5 Å². The van der Waals surface area contributed by atoms with Gasteiger partial charge in [0.1, 0.15) is 0 Å². The van der Waals surface area contributed by atoms with Crippen molar-refractivity contribution in [3.8, 4) is 0 Å². The third-order valence-electron chi connectivity index (χ3n) is 9.26. The van der Waals surface area contributed by atoms with Gasteiger partial charge in [0.15, 0.2) is 0 Å². The van der Waals surface area contributed by atoms with Crippen LogP contribution in [0.2, 0.25) is 0 Å². The number of nitrogens with two attached hydrogens (primary N) is 2. The van der Waals surface area contributed by atoms with E-state index < -0.39 is 0 Å². The van der Waals surface area contributed by atoms with Crippen molar-refractivity contribution >= 4 is 0 Å². The van der Waals surface area contributed by atoms with Gasteiger partial charge >= 0.3 is 138 Å². The van der Waals surface area contributed by atoms with Gasteiger partial charge in [-0.25, -0.2) is 0 Å². The molecule has 12 atom stereocenters. The Labute approximate surface area is 138 Å². The number of alkyl halides is 2. The van der Waals surface area contributed by atoms with E-state index in [0.717, 1.165) is 60.4 Å². The van der Waals surface area contributed by atoms with Crippen LogP contribution in [0, 0.1) is 71.0 Å². The second kappa shape index (κ2) is 4.18. The summed E-state index contributed by atoms with van der Waals surface area (Å²) in [4.78, 5) is 0. The molecule has 0 aromatic rings. The van der Waals surface area contributed by atoms with Crippen molar-refractivity contribution in [2.75, 3.05) is 21.9 Å². The van der Waals surface area contributed by atoms with Crippen LogP contribution >= 0.6 is 0 Å². The van der Waals surface area contributed by atoms with Crippen LogP contribution in [-0.4, -0.2) is 21.9 Å². The molecule has 3 heteroatoms. The summed E-state index contributed by atoms with van der Waals surface area (Å²) < 4.78 is 3.37. The summed E-state index contributed by atoms with van der Waals surface area (Å²) in [6.07, 6.45) is 3.15. The van der Waals surface area contributed by atoms with E-state index in [2.05, 4.69) is 0 Å². The molecule has 5 aliphatic carbocycles. The number of hydrogen-bond acceptors (Lipinski definition) is 2. The van der Waals surface area contributed by atoms with Crippen molar-refractivity contribution in [2.45, 2.75) is 12.8 Å². The Hall–Kier alpha value is 0.650. The molecule has 118 valence electrons. The van der Waals surface area contributed by atoms with E-state index in [9.17, 15) is 0 Å². The van der Waals surface area contributed by atoms with Gasteiger partial charge in [-0.2, -0.15) is 0 Å². The van der Waals surface area contributed by atoms with Crippen molar-refractivity contribution < 1.29 is 21.2 Å². The molecule has 6 rings (SSSR count). The van der Waals surface area contributed by atoms with E-state index in [1.165, 1.54) is 30.1 Å². The summed E-state index contributed by atoms with van der Waals surface area (Å²) in [6, 6.07) is 0. The van der Waals surface area contributed by atoms with E-state index in [0.29, 0.717) is 21.2 Å². The van der Waals surface area contributed by atoms with Crippen LogP contribution in [0.4, 0.5) is 0 Å². The maximum absolute atomic E-state index is 6.17. The fraction of sp³-hybridized carbons (Fsp3) is 1.00. The van der Waals surface area contributed by atoms with Crippen LogP contribution < -0.4 is 32.7 Å². The Balaban J connectivity index is 1.36. The van der Waals surface area contributed by atoms with Crippen molar-refractivity contribution in [1.29, 1.82) is 0 Å². The molecule has 1 heterocycles. The van der Waals surface area contributed by atoms with Gasteiger partial charge in [-0.1, -0.05) is 0 Å². The number of halogens is 1. The predicted octanol–water partition coefficient (Wildman–Crippen LogP) is -1.75. The fourth-order valence-corrected chi connectivity index (χ4v) is 13.4. The topological polar surface area (TPSA) is 52.0 Å². The average Bonchev–Trinajstić information content (AvgIpc) is 3.20. The average molecular weight is 399 g/mol. The Morgan fingerprint density at radius 3 is 1.52 bits per heavy atom. The molecule has 4 bridgehead atoms. The summed E-state index contributed by atoms with van der Waals surface area (Å²) in [7, 11) is 0. The summed E-state index contributed by atoms with van der Waals surface area (Å²) in [6.45, 7) is 1.82. The molecule has 1 saturated heterocycles. The summed E-state index contributed by atoms with van der Waals surface area (Å²) in [5.41, 5.74) is 12.3. The first-order valence-corrected chi connectivity index (χ1v) is 12.3. The number of fused-ring (bicyclic) bond motifs is 15. The van der Waals surface area contributed by atoms with Gasteiger partial charge in [-0.05, 0) is 0 Å². The van der Waals surface area contributed by atoms with Crippen molar-refractivity contribution in [3.63, 3.8) is 0 Å². The zero-order chi connectivity index (χ0) is 13.9. The second-order valence-corrected chi connectivity index (χ2v) is 11.9. The van der Waals surface area contributed by atoms with Crippen LogP contribution in [0.25, 0.3) is 0 Å². The van der Waals surface area contributed by atoms with Gasteiger partial charge in [-0.3, -0.25) is 0 Å². The molecular weight excluding hydrogens is 371 g/mol. The monoisotopic (exact) mass is 399 g/mol. The van der Waals surface area contributed by atoms with Gasteiger partial charge in [0.25, 0.3) is 0 Å². The molecule has 0 aromatic heterocycles. The first-order valence-electron chi connectivity index (χ1n) is 9.28. The van der Waals surface area contributed by atoms with Gasteiger partial charge in [0, 0.05) is 0 Å². The second-order valence-electron chi connectivity index (χ2n) is 9.06. The van der Waals surface area contributed by atoms with E-state index >= 15 is 0 Å². The third kappa shape index (κ3) is 1.29. The molecule has 2 nitrogen and oxygen atoms in total. The van der Waals surface area contributed by atoms with Gasteiger partial charge < -0.3 is 0 Å². The van der Waals surface area contributed by atoms with Crippen LogP contribution in [-0.2, 0) is 0 Å². The molecule has 0 amide bonds. The Morgan fingerprint density at radius 1 is 0.619 bits per heavy atom. The van der Waals surface area contributed by atoms with Gasteiger partial charge in [-0.15, -0.1) is 0 Å². The molecule has 0 aromatic carbocycles. The minimum atomic E-state index is 0.594. The summed E-state index contributed by atoms with van der Waals surface area (Å²) >= 11 is 0.594. The molecule has 21 heavy (non-hydrogen) atoms. The van der Waals surface area contributed by atoms with Crippen LogP contribution in [0.15, 0.2) is 0 Å². The molecule has 0 spiro atoms. The van der Waals surface area contributed by atoms with Crippen LogP contribution in [0.1, 0.15) is 12.8 Å². The normalized spacial score (nSPS) is 69.2. The number of hydrogen-bond donors (Lipinski definition) is 2. The molecule has 1 aliphatic heterocycles. The van der Waals surface area contributed by atoms with E-state index in [1.807, 2.05) is 0 Å². The zero-order valence-corrected chi connectivity index (χ0v) is 14.9. The van der Waals surface area contributed by atoms with Gasteiger partial charge in [0.05, 0.1) is 0 Å². The first kappa shape index (κ1) is 13.0. The van der Waals surface area contributed by atoms with Crippen molar-refractivity contribution in [2.24, 2.45) is 82.5 Å². The van der Waals surface area contributed by atoms with Crippen LogP contribution in [0.5, 0.6) is 0 Å². The van der Waals surface area contributed by atoms with E-state index in [-0.39, 0.29) is 0 Å². The zero-order valence-electron chi connectivity index (χ0n) is 12.7. The Kier molecular flexibility index (Phi) is 2.59. The molecule has 5 saturated carbocycles. The minimum absolute atomic E-state index is 0.594. The first-order chi connectivity index (χ1) is 10.3. The predicted molar refractivity (Wildman–Crippen MR) is 79.0 cm³/mol. The SMILES string of the molecule is NC[C@@H]1C2CC(C3C4C5CC(C6C[I-]CC65)C4C32)[C@H]1CN. The Morgan fingerprint density at radius 2 is 1.05 bits per heavy atom. The molecule has 4 N–H and O–H groups in total. The molecule has 6 aliphatic rings. The van der Waals surface area contributed by atoms with E-state index in [1.54, 1.807) is 15.3 Å². The Bertz CT molecular complexity index is 442. The molecule has 6 fully saturated rings. The fourth-order valence-electron chi connectivity index (χ4n) is 9.00. The summed E-state index contributed by atoms with van der Waals surface area (Å²) in [5, 5.41) is 0. The maximum atomic E-state index is 6.17. The van der Waals surface area contributed by atoms with Gasteiger partial charge in [0.2, 0.25) is 0 Å².